The molecule has 0 bridgehead atoms. The summed E-state index contributed by atoms with van der Waals surface area (Å²) in [6, 6.07) is 12.2. The summed E-state index contributed by atoms with van der Waals surface area (Å²) in [5.41, 5.74) is 2.42. The minimum atomic E-state index is 0.233. The van der Waals surface area contributed by atoms with Crippen molar-refractivity contribution in [1.82, 2.24) is 4.90 Å². The lowest BCUT2D eigenvalue weighted by molar-refractivity contribution is 0.129. The second-order valence-electron chi connectivity index (χ2n) is 8.22. The Kier molecular flexibility index (Phi) is 6.59. The fraction of sp³-hybridized carbons (Fsp3) is 0.500. The fourth-order valence-electron chi connectivity index (χ4n) is 4.52. The number of anilines is 1. The molecule has 0 saturated carbocycles. The summed E-state index contributed by atoms with van der Waals surface area (Å²) in [5.74, 6) is 2.87. The fourth-order valence-corrected chi connectivity index (χ4v) is 4.70. The van der Waals surface area contributed by atoms with Crippen LogP contribution < -0.4 is 19.1 Å². The van der Waals surface area contributed by atoms with E-state index in [4.69, 9.17) is 25.8 Å². The maximum Gasteiger partial charge on any atom is 0.164 e. The first kappa shape index (κ1) is 21.1. The zero-order valence-corrected chi connectivity index (χ0v) is 18.8. The first-order valence-electron chi connectivity index (χ1n) is 10.7. The second kappa shape index (κ2) is 9.36. The zero-order chi connectivity index (χ0) is 21.1. The number of methoxy groups -OCH3 is 2. The Bertz CT molecular complexity index is 868. The van der Waals surface area contributed by atoms with Gasteiger partial charge in [0, 0.05) is 55.1 Å². The van der Waals surface area contributed by atoms with Crippen LogP contribution in [-0.2, 0) is 0 Å². The highest BCUT2D eigenvalue weighted by atomic mass is 35.5. The van der Waals surface area contributed by atoms with Crippen molar-refractivity contribution < 1.29 is 14.2 Å². The lowest BCUT2D eigenvalue weighted by Gasteiger charge is -2.37. The normalized spacial score (nSPS) is 21.7. The Morgan fingerprint density at radius 2 is 1.77 bits per heavy atom. The first-order valence-corrected chi connectivity index (χ1v) is 11.1. The Balaban J connectivity index is 1.31. The van der Waals surface area contributed by atoms with Crippen LogP contribution in [0.15, 0.2) is 36.4 Å². The number of piperazine rings is 1. The highest BCUT2D eigenvalue weighted by Gasteiger charge is 2.28. The van der Waals surface area contributed by atoms with Crippen LogP contribution in [0.4, 0.5) is 5.69 Å². The molecular weight excluding hydrogens is 400 g/mol. The van der Waals surface area contributed by atoms with Gasteiger partial charge in [-0.2, -0.15) is 0 Å². The standard InChI is InChI=1S/C24H31ClN2O3/c1-17-13-20(30-22-16-24(29-3)23(28-2)15-21(17)22)7-8-26-9-11-27(12-10-26)19-6-4-5-18(25)14-19/h4-6,14-17,20H,7-13H2,1-3H3. The zero-order valence-electron chi connectivity index (χ0n) is 18.1. The molecular formula is C24H31ClN2O3. The van der Waals surface area contributed by atoms with Crippen LogP contribution in [0.1, 0.15) is 31.2 Å². The van der Waals surface area contributed by atoms with Crippen molar-refractivity contribution in [2.45, 2.75) is 31.8 Å². The van der Waals surface area contributed by atoms with Gasteiger partial charge in [0.15, 0.2) is 11.5 Å². The Labute approximate surface area is 184 Å². The molecule has 2 unspecified atom stereocenters. The largest absolute Gasteiger partial charge is 0.493 e. The van der Waals surface area contributed by atoms with E-state index in [2.05, 4.69) is 34.9 Å². The molecule has 1 saturated heterocycles. The third kappa shape index (κ3) is 4.62. The lowest BCUT2D eigenvalue weighted by atomic mass is 9.90. The van der Waals surface area contributed by atoms with E-state index in [-0.39, 0.29) is 6.10 Å². The molecule has 2 atom stereocenters. The number of halogens is 1. The number of nitrogens with zero attached hydrogens (tertiary/aromatic N) is 2. The minimum absolute atomic E-state index is 0.233. The highest BCUT2D eigenvalue weighted by Crippen LogP contribution is 2.43. The highest BCUT2D eigenvalue weighted by molar-refractivity contribution is 6.30. The van der Waals surface area contributed by atoms with Gasteiger partial charge >= 0.3 is 0 Å². The molecule has 2 aromatic rings. The van der Waals surface area contributed by atoms with Crippen molar-refractivity contribution in [2.75, 3.05) is 51.8 Å². The predicted molar refractivity (Wildman–Crippen MR) is 122 cm³/mol. The number of hydrogen-bond acceptors (Lipinski definition) is 5. The number of benzene rings is 2. The van der Waals surface area contributed by atoms with Gasteiger partial charge in [0.25, 0.3) is 0 Å². The van der Waals surface area contributed by atoms with Crippen LogP contribution in [0.3, 0.4) is 0 Å². The van der Waals surface area contributed by atoms with E-state index < -0.39 is 0 Å². The van der Waals surface area contributed by atoms with Gasteiger partial charge in [-0.25, -0.2) is 0 Å². The van der Waals surface area contributed by atoms with Crippen molar-refractivity contribution >= 4 is 17.3 Å². The molecule has 30 heavy (non-hydrogen) atoms. The van der Waals surface area contributed by atoms with Crippen LogP contribution >= 0.6 is 11.6 Å². The van der Waals surface area contributed by atoms with Crippen molar-refractivity contribution in [3.05, 3.63) is 47.0 Å². The van der Waals surface area contributed by atoms with Crippen LogP contribution in [0.5, 0.6) is 17.2 Å². The summed E-state index contributed by atoms with van der Waals surface area (Å²) in [6.45, 7) is 7.52. The summed E-state index contributed by atoms with van der Waals surface area (Å²) >= 11 is 6.15. The molecule has 0 N–H and O–H groups in total. The van der Waals surface area contributed by atoms with E-state index in [1.807, 2.05) is 18.2 Å². The molecule has 2 aliphatic rings. The van der Waals surface area contributed by atoms with Crippen LogP contribution in [0.25, 0.3) is 0 Å². The third-order valence-corrected chi connectivity index (χ3v) is 6.51. The molecule has 4 rings (SSSR count). The SMILES string of the molecule is COc1cc2c(cc1OC)C(C)CC(CCN1CCN(c3cccc(Cl)c3)CC1)O2. The van der Waals surface area contributed by atoms with E-state index in [0.717, 1.165) is 67.8 Å². The molecule has 2 aliphatic heterocycles. The van der Waals surface area contributed by atoms with Gasteiger partial charge < -0.3 is 19.1 Å². The van der Waals surface area contributed by atoms with Crippen molar-refractivity contribution in [2.24, 2.45) is 0 Å². The Hall–Kier alpha value is -2.11. The van der Waals surface area contributed by atoms with E-state index >= 15 is 0 Å². The summed E-state index contributed by atoms with van der Waals surface area (Å²) < 4.78 is 17.3. The monoisotopic (exact) mass is 430 g/mol. The van der Waals surface area contributed by atoms with Gasteiger partial charge in [-0.05, 0) is 43.0 Å². The van der Waals surface area contributed by atoms with Crippen LogP contribution in [0, 0.1) is 0 Å². The minimum Gasteiger partial charge on any atom is -0.493 e. The number of ether oxygens (including phenoxy) is 3. The molecule has 0 radical (unpaired) electrons. The Morgan fingerprint density at radius 1 is 1.03 bits per heavy atom. The Morgan fingerprint density at radius 3 is 2.47 bits per heavy atom. The quantitative estimate of drug-likeness (QED) is 0.656. The van der Waals surface area contributed by atoms with E-state index in [1.54, 1.807) is 14.2 Å². The van der Waals surface area contributed by atoms with Gasteiger partial charge in [-0.1, -0.05) is 24.6 Å². The second-order valence-corrected chi connectivity index (χ2v) is 8.66. The molecule has 1 fully saturated rings. The maximum atomic E-state index is 6.35. The maximum absolute atomic E-state index is 6.35. The first-order chi connectivity index (χ1) is 14.6. The van der Waals surface area contributed by atoms with E-state index in [0.29, 0.717) is 5.92 Å². The molecule has 2 heterocycles. The summed E-state index contributed by atoms with van der Waals surface area (Å²) in [6.07, 6.45) is 2.30. The molecule has 162 valence electrons. The third-order valence-electron chi connectivity index (χ3n) is 6.27. The van der Waals surface area contributed by atoms with E-state index in [9.17, 15) is 0 Å². The van der Waals surface area contributed by atoms with E-state index in [1.165, 1.54) is 11.3 Å². The van der Waals surface area contributed by atoms with Gasteiger partial charge in [0.1, 0.15) is 11.9 Å². The number of fused-ring (bicyclic) bond motifs is 1. The van der Waals surface area contributed by atoms with Gasteiger partial charge in [0.05, 0.1) is 14.2 Å². The average Bonchev–Trinajstić information content (AvgIpc) is 2.77. The molecule has 0 aromatic heterocycles. The molecule has 0 amide bonds. The van der Waals surface area contributed by atoms with Crippen molar-refractivity contribution in [3.63, 3.8) is 0 Å². The van der Waals surface area contributed by atoms with Crippen LogP contribution in [-0.4, -0.2) is 57.9 Å². The van der Waals surface area contributed by atoms with Gasteiger partial charge in [0.2, 0.25) is 0 Å². The molecule has 6 heteroatoms. The lowest BCUT2D eigenvalue weighted by Crippen LogP contribution is -2.47. The molecule has 2 aromatic carbocycles. The predicted octanol–water partition coefficient (Wildman–Crippen LogP) is 4.82. The molecule has 0 aliphatic carbocycles. The van der Waals surface area contributed by atoms with Crippen LogP contribution in [0.2, 0.25) is 5.02 Å². The summed E-state index contributed by atoms with van der Waals surface area (Å²) in [5, 5.41) is 0.799. The summed E-state index contributed by atoms with van der Waals surface area (Å²) in [4.78, 5) is 4.96. The summed E-state index contributed by atoms with van der Waals surface area (Å²) in [7, 11) is 3.34. The average molecular weight is 431 g/mol. The van der Waals surface area contributed by atoms with Gasteiger partial charge in [-0.3, -0.25) is 4.90 Å². The van der Waals surface area contributed by atoms with Crippen molar-refractivity contribution in [1.29, 1.82) is 0 Å². The topological polar surface area (TPSA) is 34.2 Å². The van der Waals surface area contributed by atoms with Crippen molar-refractivity contribution in [3.8, 4) is 17.2 Å². The number of rotatable bonds is 6. The smallest absolute Gasteiger partial charge is 0.164 e. The molecule has 0 spiro atoms. The molecule has 5 nitrogen and oxygen atoms in total. The van der Waals surface area contributed by atoms with Gasteiger partial charge in [-0.15, -0.1) is 0 Å². The number of hydrogen-bond donors (Lipinski definition) is 0.